The molecule has 1 aromatic carbocycles. The van der Waals surface area contributed by atoms with Crippen LogP contribution in [-0.4, -0.2) is 41.1 Å². The van der Waals surface area contributed by atoms with Crippen LogP contribution in [0.4, 0.5) is 0 Å². The lowest BCUT2D eigenvalue weighted by Gasteiger charge is -2.27. The zero-order valence-electron chi connectivity index (χ0n) is 24.3. The quantitative estimate of drug-likeness (QED) is 0.132. The molecule has 0 aromatic heterocycles. The molecule has 1 fully saturated rings. The maximum absolute atomic E-state index is 12.7. The highest BCUT2D eigenvalue weighted by atomic mass is 16.6. The Kier molecular flexibility index (Phi) is 14.7. The van der Waals surface area contributed by atoms with E-state index >= 15 is 0 Å². The van der Waals surface area contributed by atoms with E-state index in [1.807, 2.05) is 13.8 Å². The number of aliphatic carboxylic acids is 1. The zero-order chi connectivity index (χ0) is 29.5. The topological polar surface area (TPSA) is 142 Å². The molecule has 40 heavy (non-hydrogen) atoms. The molecule has 9 heteroatoms. The minimum absolute atomic E-state index is 0.0392. The number of unbranched alkanes of at least 4 members (excludes halogenated alkanes) is 4. The van der Waals surface area contributed by atoms with E-state index in [4.69, 9.17) is 19.9 Å². The molecule has 3 N–H and O–H groups in total. The van der Waals surface area contributed by atoms with Gasteiger partial charge in [-0.2, -0.15) is 0 Å². The SMILES string of the molecule is CCCCCC(=O)Oc1ccc(C(CC(C)OC(=O)C2CCCCC2)[C@H](N)C(=O)O)cc1OC(=O)CCCCC. The fourth-order valence-electron chi connectivity index (χ4n) is 5.01. The van der Waals surface area contributed by atoms with Gasteiger partial charge in [0.25, 0.3) is 0 Å². The number of ether oxygens (including phenoxy) is 3. The van der Waals surface area contributed by atoms with Gasteiger partial charge >= 0.3 is 23.9 Å². The highest BCUT2D eigenvalue weighted by molar-refractivity contribution is 5.77. The van der Waals surface area contributed by atoms with Gasteiger partial charge in [-0.25, -0.2) is 0 Å². The van der Waals surface area contributed by atoms with Gasteiger partial charge in [-0.05, 0) is 56.7 Å². The maximum Gasteiger partial charge on any atom is 0.321 e. The number of hydrogen-bond acceptors (Lipinski definition) is 8. The molecule has 0 bridgehead atoms. The van der Waals surface area contributed by atoms with Gasteiger partial charge in [0.1, 0.15) is 6.04 Å². The Balaban J connectivity index is 2.27. The van der Waals surface area contributed by atoms with Crippen molar-refractivity contribution in [3.8, 4) is 11.5 Å². The van der Waals surface area contributed by atoms with Crippen molar-refractivity contribution in [2.24, 2.45) is 11.7 Å². The Labute approximate surface area is 238 Å². The number of rotatable bonds is 17. The number of carbonyl (C=O) groups is 4. The molecule has 3 atom stereocenters. The minimum atomic E-state index is -1.30. The molecule has 9 nitrogen and oxygen atoms in total. The molecule has 1 aliphatic rings. The third-order valence-electron chi connectivity index (χ3n) is 7.37. The second-order valence-electron chi connectivity index (χ2n) is 10.9. The van der Waals surface area contributed by atoms with E-state index in [0.29, 0.717) is 18.4 Å². The fourth-order valence-corrected chi connectivity index (χ4v) is 5.01. The van der Waals surface area contributed by atoms with E-state index in [1.165, 1.54) is 12.1 Å². The van der Waals surface area contributed by atoms with E-state index in [2.05, 4.69) is 0 Å². The van der Waals surface area contributed by atoms with Crippen molar-refractivity contribution >= 4 is 23.9 Å². The second kappa shape index (κ2) is 17.7. The standard InChI is InChI=1S/C31H47NO8/c1-4-6-9-15-27(33)39-25-18-17-23(20-26(25)40-28(34)16-10-7-5-2)24(29(32)30(35)36)19-21(3)38-31(37)22-13-11-8-12-14-22/h17-18,20-22,24,29H,4-16,19,32H2,1-3H3,(H,35,36)/t21?,24?,29-/m0/s1. The van der Waals surface area contributed by atoms with E-state index in [-0.39, 0.29) is 42.6 Å². The number of benzene rings is 1. The summed E-state index contributed by atoms with van der Waals surface area (Å²) in [5.41, 5.74) is 6.58. The highest BCUT2D eigenvalue weighted by Gasteiger charge is 2.31. The first-order chi connectivity index (χ1) is 19.2. The van der Waals surface area contributed by atoms with Crippen molar-refractivity contribution in [1.29, 1.82) is 0 Å². The smallest absolute Gasteiger partial charge is 0.321 e. The molecule has 2 rings (SSSR count). The Hall–Kier alpha value is -2.94. The van der Waals surface area contributed by atoms with Crippen LogP contribution in [0.3, 0.4) is 0 Å². The molecule has 0 amide bonds. The second-order valence-corrected chi connectivity index (χ2v) is 10.9. The largest absolute Gasteiger partial charge is 0.480 e. The van der Waals surface area contributed by atoms with Crippen LogP contribution in [0.2, 0.25) is 0 Å². The van der Waals surface area contributed by atoms with Crippen LogP contribution in [0, 0.1) is 5.92 Å². The number of carbonyl (C=O) groups excluding carboxylic acids is 3. The van der Waals surface area contributed by atoms with Crippen molar-refractivity contribution in [3.63, 3.8) is 0 Å². The number of esters is 3. The van der Waals surface area contributed by atoms with Gasteiger partial charge in [-0.15, -0.1) is 0 Å². The van der Waals surface area contributed by atoms with Crippen LogP contribution in [0.15, 0.2) is 18.2 Å². The number of carboxylic acid groups (broad SMARTS) is 1. The summed E-state index contributed by atoms with van der Waals surface area (Å²) in [5, 5.41) is 9.74. The first-order valence-electron chi connectivity index (χ1n) is 14.9. The Morgan fingerprint density at radius 3 is 2.02 bits per heavy atom. The summed E-state index contributed by atoms with van der Waals surface area (Å²) < 4.78 is 16.8. The predicted octanol–water partition coefficient (Wildman–Crippen LogP) is 6.06. The summed E-state index contributed by atoms with van der Waals surface area (Å²) in [6, 6.07) is 3.33. The van der Waals surface area contributed by atoms with Crippen LogP contribution in [0.1, 0.15) is 122 Å². The number of hydrogen-bond donors (Lipinski definition) is 2. The fraction of sp³-hybridized carbons (Fsp3) is 0.677. The first-order valence-corrected chi connectivity index (χ1v) is 14.9. The highest BCUT2D eigenvalue weighted by Crippen LogP contribution is 2.35. The predicted molar refractivity (Wildman–Crippen MR) is 151 cm³/mol. The third-order valence-corrected chi connectivity index (χ3v) is 7.37. The number of nitrogens with two attached hydrogens (primary N) is 1. The molecular formula is C31H47NO8. The zero-order valence-corrected chi connectivity index (χ0v) is 24.3. The van der Waals surface area contributed by atoms with E-state index in [9.17, 15) is 24.3 Å². The summed E-state index contributed by atoms with van der Waals surface area (Å²) in [4.78, 5) is 49.6. The summed E-state index contributed by atoms with van der Waals surface area (Å²) in [7, 11) is 0. The van der Waals surface area contributed by atoms with E-state index < -0.39 is 36.0 Å². The van der Waals surface area contributed by atoms with Crippen LogP contribution in [0.25, 0.3) is 0 Å². The Bertz CT molecular complexity index is 972. The van der Waals surface area contributed by atoms with Crippen LogP contribution >= 0.6 is 0 Å². The van der Waals surface area contributed by atoms with Crippen LogP contribution in [-0.2, 0) is 23.9 Å². The lowest BCUT2D eigenvalue weighted by molar-refractivity contribution is -0.155. The summed E-state index contributed by atoms with van der Waals surface area (Å²) in [5.74, 6) is -3.13. The molecule has 0 heterocycles. The molecule has 0 aliphatic heterocycles. The van der Waals surface area contributed by atoms with Crippen molar-refractivity contribution in [3.05, 3.63) is 23.8 Å². The lowest BCUT2D eigenvalue weighted by atomic mass is 9.86. The number of carboxylic acids is 1. The van der Waals surface area contributed by atoms with Crippen molar-refractivity contribution < 1.29 is 38.5 Å². The molecule has 1 aliphatic carbocycles. The normalized spacial score (nSPS) is 16.0. The summed E-state index contributed by atoms with van der Waals surface area (Å²) in [6.45, 7) is 5.80. The van der Waals surface area contributed by atoms with Gasteiger partial charge in [-0.3, -0.25) is 19.2 Å². The summed E-state index contributed by atoms with van der Waals surface area (Å²) >= 11 is 0. The lowest BCUT2D eigenvalue weighted by Crippen LogP contribution is -2.38. The Morgan fingerprint density at radius 2 is 1.48 bits per heavy atom. The van der Waals surface area contributed by atoms with Crippen molar-refractivity contribution in [2.75, 3.05) is 0 Å². The van der Waals surface area contributed by atoms with Gasteiger partial charge in [0.2, 0.25) is 0 Å². The monoisotopic (exact) mass is 561 g/mol. The molecule has 1 aromatic rings. The van der Waals surface area contributed by atoms with Gasteiger partial charge in [0.05, 0.1) is 12.0 Å². The molecule has 0 radical (unpaired) electrons. The van der Waals surface area contributed by atoms with Crippen molar-refractivity contribution in [2.45, 2.75) is 129 Å². The van der Waals surface area contributed by atoms with Gasteiger partial charge in [-0.1, -0.05) is 64.9 Å². The molecule has 2 unspecified atom stereocenters. The molecular weight excluding hydrogens is 514 g/mol. The first kappa shape index (κ1) is 33.3. The van der Waals surface area contributed by atoms with Gasteiger partial charge in [0, 0.05) is 18.8 Å². The van der Waals surface area contributed by atoms with Gasteiger partial charge < -0.3 is 25.1 Å². The van der Waals surface area contributed by atoms with E-state index in [0.717, 1.165) is 57.8 Å². The van der Waals surface area contributed by atoms with Crippen molar-refractivity contribution in [1.82, 2.24) is 0 Å². The average molecular weight is 562 g/mol. The van der Waals surface area contributed by atoms with Crippen LogP contribution < -0.4 is 15.2 Å². The molecule has 224 valence electrons. The van der Waals surface area contributed by atoms with E-state index in [1.54, 1.807) is 13.0 Å². The Morgan fingerprint density at radius 1 is 0.900 bits per heavy atom. The molecule has 1 saturated carbocycles. The summed E-state index contributed by atoms with van der Waals surface area (Å²) in [6.07, 6.45) is 9.75. The molecule has 0 saturated heterocycles. The molecule has 0 spiro atoms. The average Bonchev–Trinajstić information content (AvgIpc) is 2.93. The van der Waals surface area contributed by atoms with Crippen LogP contribution in [0.5, 0.6) is 11.5 Å². The third kappa shape index (κ3) is 11.3. The van der Waals surface area contributed by atoms with Gasteiger partial charge in [0.15, 0.2) is 11.5 Å². The minimum Gasteiger partial charge on any atom is -0.480 e. The maximum atomic E-state index is 12.7.